The fraction of sp³-hybridized carbons (Fsp3) is 0.238. The van der Waals surface area contributed by atoms with E-state index in [1.807, 2.05) is 0 Å². The highest BCUT2D eigenvalue weighted by Crippen LogP contribution is 2.35. The molecule has 5 amide bonds. The number of rotatable bonds is 7. The number of ether oxygens (including phenoxy) is 2. The van der Waals surface area contributed by atoms with Gasteiger partial charge in [0, 0.05) is 11.3 Å². The van der Waals surface area contributed by atoms with Crippen molar-refractivity contribution >= 4 is 29.4 Å². The molecule has 0 aromatic heterocycles. The Kier molecular flexibility index (Phi) is 5.82. The highest BCUT2D eigenvalue weighted by Gasteiger charge is 2.49. The maximum Gasteiger partial charge on any atom is 0.325 e. The van der Waals surface area contributed by atoms with Crippen molar-refractivity contribution in [2.45, 2.75) is 12.5 Å². The number of hydrogen-bond acceptors (Lipinski definition) is 6. The van der Waals surface area contributed by atoms with Gasteiger partial charge in [-0.2, -0.15) is 0 Å². The van der Waals surface area contributed by atoms with Crippen molar-refractivity contribution in [2.75, 3.05) is 26.1 Å². The molecule has 1 aliphatic rings. The molecule has 0 spiro atoms. The number of nitrogens with one attached hydrogen (secondary N) is 2. The SMILES string of the molecule is COc1ccc(C2(C)NC(=O)N(CC(=O)Nc3ccc(C(N)=O)cc3)C2=O)cc1OC. The summed E-state index contributed by atoms with van der Waals surface area (Å²) < 4.78 is 10.5. The van der Waals surface area contributed by atoms with Gasteiger partial charge < -0.3 is 25.8 Å². The van der Waals surface area contributed by atoms with Gasteiger partial charge in [-0.15, -0.1) is 0 Å². The number of methoxy groups -OCH3 is 2. The smallest absolute Gasteiger partial charge is 0.325 e. The molecule has 10 heteroatoms. The Hall–Kier alpha value is -4.08. The molecule has 31 heavy (non-hydrogen) atoms. The van der Waals surface area contributed by atoms with Crippen LogP contribution in [0.5, 0.6) is 11.5 Å². The van der Waals surface area contributed by atoms with Gasteiger partial charge >= 0.3 is 6.03 Å². The van der Waals surface area contributed by atoms with Crippen molar-refractivity contribution < 1.29 is 28.7 Å². The predicted octanol–water partition coefficient (Wildman–Crippen LogP) is 1.21. The molecular formula is C21H22N4O6. The second kappa shape index (κ2) is 8.34. The molecule has 1 aliphatic heterocycles. The standard InChI is InChI=1S/C21H22N4O6/c1-21(13-6-9-15(30-2)16(10-13)31-3)19(28)25(20(29)24-21)11-17(26)23-14-7-4-12(5-8-14)18(22)27/h4-10H,11H2,1-3H3,(H2,22,27)(H,23,26)(H,24,29). The Morgan fingerprint density at radius 1 is 1.06 bits per heavy atom. The number of imide groups is 1. The van der Waals surface area contributed by atoms with Gasteiger partial charge in [-0.1, -0.05) is 6.07 Å². The van der Waals surface area contributed by atoms with E-state index in [-0.39, 0.29) is 5.56 Å². The Morgan fingerprint density at radius 3 is 2.29 bits per heavy atom. The maximum absolute atomic E-state index is 13.0. The van der Waals surface area contributed by atoms with Crippen LogP contribution in [0.2, 0.25) is 0 Å². The first-order chi connectivity index (χ1) is 14.7. The van der Waals surface area contributed by atoms with Crippen molar-refractivity contribution in [3.05, 3.63) is 53.6 Å². The van der Waals surface area contributed by atoms with Gasteiger partial charge in [-0.3, -0.25) is 19.3 Å². The molecule has 162 valence electrons. The van der Waals surface area contributed by atoms with Crippen LogP contribution in [0.1, 0.15) is 22.8 Å². The highest BCUT2D eigenvalue weighted by atomic mass is 16.5. The first kappa shape index (κ1) is 21.6. The number of nitrogens with zero attached hydrogens (tertiary/aromatic N) is 1. The van der Waals surface area contributed by atoms with Crippen molar-refractivity contribution in [3.8, 4) is 11.5 Å². The Balaban J connectivity index is 1.75. The molecule has 1 saturated heterocycles. The normalized spacial score (nSPS) is 17.8. The lowest BCUT2D eigenvalue weighted by Gasteiger charge is -2.23. The lowest BCUT2D eigenvalue weighted by atomic mass is 9.91. The summed E-state index contributed by atoms with van der Waals surface area (Å²) in [6.07, 6.45) is 0. The average molecular weight is 426 g/mol. The zero-order valence-electron chi connectivity index (χ0n) is 17.2. The number of amides is 5. The van der Waals surface area contributed by atoms with E-state index in [0.29, 0.717) is 22.7 Å². The molecule has 4 N–H and O–H groups in total. The van der Waals surface area contributed by atoms with E-state index >= 15 is 0 Å². The summed E-state index contributed by atoms with van der Waals surface area (Å²) in [5.41, 5.74) is 4.97. The van der Waals surface area contributed by atoms with Crippen LogP contribution in [0.3, 0.4) is 0 Å². The Bertz CT molecular complexity index is 1050. The summed E-state index contributed by atoms with van der Waals surface area (Å²) in [6, 6.07) is 10.1. The second-order valence-electron chi connectivity index (χ2n) is 7.01. The minimum Gasteiger partial charge on any atom is -0.493 e. The third-order valence-electron chi connectivity index (χ3n) is 4.99. The Labute approximate surface area is 178 Å². The quantitative estimate of drug-likeness (QED) is 0.569. The van der Waals surface area contributed by atoms with Gasteiger partial charge in [-0.05, 0) is 48.9 Å². The maximum atomic E-state index is 13.0. The number of nitrogens with two attached hydrogens (primary N) is 1. The lowest BCUT2D eigenvalue weighted by molar-refractivity contribution is -0.133. The molecule has 0 saturated carbocycles. The lowest BCUT2D eigenvalue weighted by Crippen LogP contribution is -2.42. The second-order valence-corrected chi connectivity index (χ2v) is 7.01. The van der Waals surface area contributed by atoms with E-state index in [1.54, 1.807) is 25.1 Å². The van der Waals surface area contributed by atoms with Crippen LogP contribution >= 0.6 is 0 Å². The third kappa shape index (κ3) is 4.13. The van der Waals surface area contributed by atoms with Crippen LogP contribution in [-0.4, -0.2) is 49.4 Å². The van der Waals surface area contributed by atoms with E-state index in [0.717, 1.165) is 4.90 Å². The summed E-state index contributed by atoms with van der Waals surface area (Å²) in [6.45, 7) is 1.07. The molecule has 2 aromatic rings. The van der Waals surface area contributed by atoms with Crippen LogP contribution in [0.15, 0.2) is 42.5 Å². The van der Waals surface area contributed by atoms with Gasteiger partial charge in [0.1, 0.15) is 12.1 Å². The van der Waals surface area contributed by atoms with Crippen molar-refractivity contribution in [2.24, 2.45) is 5.73 Å². The first-order valence-electron chi connectivity index (χ1n) is 9.26. The van der Waals surface area contributed by atoms with Gasteiger partial charge in [0.2, 0.25) is 11.8 Å². The summed E-state index contributed by atoms with van der Waals surface area (Å²) in [4.78, 5) is 49.9. The number of primary amides is 1. The molecule has 10 nitrogen and oxygen atoms in total. The third-order valence-corrected chi connectivity index (χ3v) is 4.99. The molecule has 1 unspecified atom stereocenters. The number of carbonyl (C=O) groups is 4. The van der Waals surface area contributed by atoms with Gasteiger partial charge in [-0.25, -0.2) is 4.79 Å². The minimum atomic E-state index is -1.37. The van der Waals surface area contributed by atoms with Crippen LogP contribution < -0.4 is 25.8 Å². The summed E-state index contributed by atoms with van der Waals surface area (Å²) in [7, 11) is 2.95. The van der Waals surface area contributed by atoms with E-state index in [2.05, 4.69) is 10.6 Å². The van der Waals surface area contributed by atoms with E-state index in [4.69, 9.17) is 15.2 Å². The van der Waals surface area contributed by atoms with E-state index in [9.17, 15) is 19.2 Å². The van der Waals surface area contributed by atoms with E-state index in [1.165, 1.54) is 38.5 Å². The average Bonchev–Trinajstić information content (AvgIpc) is 2.97. The number of carbonyl (C=O) groups excluding carboxylic acids is 4. The van der Waals surface area contributed by atoms with E-state index < -0.39 is 35.8 Å². The predicted molar refractivity (Wildman–Crippen MR) is 111 cm³/mol. The molecule has 2 aromatic carbocycles. The van der Waals surface area contributed by atoms with Crippen LogP contribution in [-0.2, 0) is 15.1 Å². The van der Waals surface area contributed by atoms with Crippen LogP contribution in [0.4, 0.5) is 10.5 Å². The largest absolute Gasteiger partial charge is 0.493 e. The zero-order chi connectivity index (χ0) is 22.8. The van der Waals surface area contributed by atoms with Gasteiger partial charge in [0.05, 0.1) is 14.2 Å². The first-order valence-corrected chi connectivity index (χ1v) is 9.26. The molecule has 1 heterocycles. The van der Waals surface area contributed by atoms with Gasteiger partial charge in [0.15, 0.2) is 11.5 Å². The van der Waals surface area contributed by atoms with Crippen molar-refractivity contribution in [3.63, 3.8) is 0 Å². The fourth-order valence-electron chi connectivity index (χ4n) is 3.25. The highest BCUT2D eigenvalue weighted by molar-refractivity contribution is 6.10. The molecule has 1 atom stereocenters. The number of hydrogen-bond donors (Lipinski definition) is 3. The molecule has 1 fully saturated rings. The van der Waals surface area contributed by atoms with Crippen molar-refractivity contribution in [1.82, 2.24) is 10.2 Å². The fourth-order valence-corrected chi connectivity index (χ4v) is 3.25. The van der Waals surface area contributed by atoms with Crippen LogP contribution in [0.25, 0.3) is 0 Å². The summed E-state index contributed by atoms with van der Waals surface area (Å²) in [5, 5.41) is 5.21. The minimum absolute atomic E-state index is 0.290. The number of anilines is 1. The molecule has 0 aliphatic carbocycles. The zero-order valence-corrected chi connectivity index (χ0v) is 17.2. The number of benzene rings is 2. The van der Waals surface area contributed by atoms with Crippen molar-refractivity contribution in [1.29, 1.82) is 0 Å². The summed E-state index contributed by atoms with van der Waals surface area (Å²) in [5.74, 6) is -0.869. The topological polar surface area (TPSA) is 140 Å². The summed E-state index contributed by atoms with van der Waals surface area (Å²) >= 11 is 0. The molecule has 0 radical (unpaired) electrons. The number of urea groups is 1. The Morgan fingerprint density at radius 2 is 1.71 bits per heavy atom. The molecule has 0 bridgehead atoms. The van der Waals surface area contributed by atoms with Gasteiger partial charge in [0.25, 0.3) is 5.91 Å². The molecular weight excluding hydrogens is 404 g/mol. The monoisotopic (exact) mass is 426 g/mol. The van der Waals surface area contributed by atoms with Crippen LogP contribution in [0, 0.1) is 0 Å². The molecule has 3 rings (SSSR count).